The van der Waals surface area contributed by atoms with Gasteiger partial charge in [-0.2, -0.15) is 4.99 Å². The van der Waals surface area contributed by atoms with Crippen LogP contribution in [0.2, 0.25) is 0 Å². The smallest absolute Gasteiger partial charge is 0.435 e. The number of rotatable bonds is 16. The van der Waals surface area contributed by atoms with Crippen LogP contribution in [0.3, 0.4) is 0 Å². The third kappa shape index (κ3) is 11.9. The van der Waals surface area contributed by atoms with Crippen LogP contribution in [0.1, 0.15) is 73.3 Å². The van der Waals surface area contributed by atoms with Gasteiger partial charge in [-0.05, 0) is 79.3 Å². The van der Waals surface area contributed by atoms with Gasteiger partial charge in [0.15, 0.2) is 0 Å². The van der Waals surface area contributed by atoms with Crippen molar-refractivity contribution in [2.45, 2.75) is 71.4 Å². The van der Waals surface area contributed by atoms with Crippen molar-refractivity contribution in [3.63, 3.8) is 0 Å². The van der Waals surface area contributed by atoms with Crippen molar-refractivity contribution < 1.29 is 19.1 Å². The normalized spacial score (nSPS) is 14.4. The summed E-state index contributed by atoms with van der Waals surface area (Å²) >= 11 is 0. The molecule has 0 aliphatic carbocycles. The number of nitrogens with one attached hydrogen (secondary N) is 1. The molecule has 2 atom stereocenters. The molecule has 266 valence electrons. The molecule has 2 amide bonds. The van der Waals surface area contributed by atoms with Crippen LogP contribution in [-0.4, -0.2) is 36.7 Å². The molecular weight excluding hydrogens is 636 g/mol. The van der Waals surface area contributed by atoms with E-state index in [0.29, 0.717) is 12.1 Å². The number of carbonyl (C=O) groups excluding carboxylic acids is 3. The van der Waals surface area contributed by atoms with Gasteiger partial charge in [0, 0.05) is 49.1 Å². The third-order valence-electron chi connectivity index (χ3n) is 9.61. The Morgan fingerprint density at radius 1 is 0.745 bits per heavy atom. The zero-order valence-electron chi connectivity index (χ0n) is 29.6. The minimum Gasteiger partial charge on any atom is -0.443 e. The molecule has 51 heavy (non-hydrogen) atoms. The van der Waals surface area contributed by atoms with Crippen molar-refractivity contribution in [2.75, 3.05) is 18.0 Å². The zero-order chi connectivity index (χ0) is 35.8. The number of nitrogens with zero attached hydrogens (tertiary/aromatic N) is 2. The number of aryl methyl sites for hydroxylation is 2. The van der Waals surface area contributed by atoms with E-state index in [-0.39, 0.29) is 36.5 Å². The van der Waals surface area contributed by atoms with Crippen LogP contribution in [0.25, 0.3) is 0 Å². The van der Waals surface area contributed by atoms with Crippen LogP contribution in [0, 0.1) is 11.8 Å². The second kappa shape index (κ2) is 19.2. The van der Waals surface area contributed by atoms with Gasteiger partial charge in [0.05, 0.1) is 0 Å². The first-order valence-electron chi connectivity index (χ1n) is 18.2. The molecule has 3 N–H and O–H groups in total. The predicted molar refractivity (Wildman–Crippen MR) is 204 cm³/mol. The van der Waals surface area contributed by atoms with Gasteiger partial charge in [0.1, 0.15) is 18.2 Å². The fourth-order valence-electron chi connectivity index (χ4n) is 6.45. The summed E-state index contributed by atoms with van der Waals surface area (Å²) in [5.41, 5.74) is 12.1. The maximum Gasteiger partial charge on any atom is 0.435 e. The minimum atomic E-state index is -0.764. The fraction of sp³-hybridized carbons (Fsp3) is 0.349. The number of ether oxygens (including phenoxy) is 1. The quantitative estimate of drug-likeness (QED) is 0.0918. The van der Waals surface area contributed by atoms with E-state index < -0.39 is 12.0 Å². The van der Waals surface area contributed by atoms with Crippen molar-refractivity contribution >= 4 is 29.3 Å². The predicted octanol–water partition coefficient (Wildman–Crippen LogP) is 7.81. The summed E-state index contributed by atoms with van der Waals surface area (Å²) < 4.78 is 5.18. The average Bonchev–Trinajstić information content (AvgIpc) is 3.17. The molecule has 1 aliphatic rings. The fourth-order valence-corrected chi connectivity index (χ4v) is 6.45. The summed E-state index contributed by atoms with van der Waals surface area (Å²) in [7, 11) is 0. The average molecular weight is 687 g/mol. The molecule has 1 saturated heterocycles. The summed E-state index contributed by atoms with van der Waals surface area (Å²) in [4.78, 5) is 45.2. The van der Waals surface area contributed by atoms with Crippen molar-refractivity contribution in [1.29, 1.82) is 0 Å². The highest BCUT2D eigenvalue weighted by Gasteiger charge is 2.24. The summed E-state index contributed by atoms with van der Waals surface area (Å²) in [6, 6.07) is 35.6. The summed E-state index contributed by atoms with van der Waals surface area (Å²) in [6.45, 7) is 4.47. The number of amides is 2. The molecule has 1 fully saturated rings. The molecule has 0 unspecified atom stereocenters. The first-order chi connectivity index (χ1) is 24.8. The molecule has 0 bridgehead atoms. The van der Waals surface area contributed by atoms with E-state index in [1.807, 2.05) is 67.6 Å². The molecule has 0 aromatic heterocycles. The van der Waals surface area contributed by atoms with E-state index in [9.17, 15) is 14.4 Å². The molecule has 8 heteroatoms. The number of piperidine rings is 1. The van der Waals surface area contributed by atoms with Gasteiger partial charge in [0.25, 0.3) is 0 Å². The lowest BCUT2D eigenvalue weighted by Crippen LogP contribution is -2.31. The molecule has 8 nitrogen and oxygen atoms in total. The highest BCUT2D eigenvalue weighted by atomic mass is 16.5. The highest BCUT2D eigenvalue weighted by molar-refractivity contribution is 6.02. The van der Waals surface area contributed by atoms with Crippen LogP contribution < -0.4 is 16.0 Å². The number of benzene rings is 4. The number of aliphatic imine (C=N–C) groups is 1. The molecule has 5 rings (SSSR count). The molecule has 4 aromatic carbocycles. The van der Waals surface area contributed by atoms with E-state index in [4.69, 9.17) is 10.5 Å². The Morgan fingerprint density at radius 2 is 1.31 bits per heavy atom. The van der Waals surface area contributed by atoms with Crippen molar-refractivity contribution in [1.82, 2.24) is 5.32 Å². The van der Waals surface area contributed by atoms with Crippen LogP contribution >= 0.6 is 0 Å². The molecule has 4 aromatic rings. The van der Waals surface area contributed by atoms with Crippen molar-refractivity contribution in [3.8, 4) is 0 Å². The van der Waals surface area contributed by atoms with Crippen LogP contribution in [0.4, 0.5) is 10.5 Å². The van der Waals surface area contributed by atoms with E-state index in [0.717, 1.165) is 49.9 Å². The Morgan fingerprint density at radius 3 is 1.94 bits per heavy atom. The molecule has 1 heterocycles. The van der Waals surface area contributed by atoms with Gasteiger partial charge in [-0.15, -0.1) is 0 Å². The van der Waals surface area contributed by atoms with Crippen LogP contribution in [-0.2, 0) is 40.3 Å². The lowest BCUT2D eigenvalue weighted by atomic mass is 9.86. The number of Topliss-reactive ketones (excluding diaryl/α,β-unsaturated/α-hetero) is 1. The third-order valence-corrected chi connectivity index (χ3v) is 9.61. The highest BCUT2D eigenvalue weighted by Crippen LogP contribution is 2.24. The molecule has 0 saturated carbocycles. The van der Waals surface area contributed by atoms with Gasteiger partial charge in [0.2, 0.25) is 5.91 Å². The maximum atomic E-state index is 13.7. The van der Waals surface area contributed by atoms with E-state index in [2.05, 4.69) is 51.6 Å². The summed E-state index contributed by atoms with van der Waals surface area (Å²) in [5, 5.41) is 2.97. The second-order valence-corrected chi connectivity index (χ2v) is 13.5. The summed E-state index contributed by atoms with van der Waals surface area (Å²) in [5.74, 6) is -0.557. The Balaban J connectivity index is 1.10. The Bertz CT molecular complexity index is 1720. The standard InChI is InChI=1S/C43H50N4O4/c1-32(42(49)45-30-35-17-23-38(24-18-35)41(44)46-43(50)51-31-36-13-7-3-8-14-36)29-40(48)37(21-15-33-11-5-2-6-12-33)22-16-34-19-25-39(26-20-34)47-27-9-4-10-28-47/h2-3,5-8,11-14,17-20,23-26,32,37H,4,9-10,15-16,21-22,27-31H2,1H3,(H,45,49)(H2,44,46,50)/t32-,37+/m1/s1. The number of amidine groups is 1. The lowest BCUT2D eigenvalue weighted by Gasteiger charge is -2.29. The number of nitrogens with two attached hydrogens (primary N) is 1. The lowest BCUT2D eigenvalue weighted by molar-refractivity contribution is -0.130. The van der Waals surface area contributed by atoms with Gasteiger partial charge in [-0.1, -0.05) is 104 Å². The Kier molecular flexibility index (Phi) is 14.0. The van der Waals surface area contributed by atoms with Crippen LogP contribution in [0.5, 0.6) is 0 Å². The number of anilines is 1. The molecule has 0 spiro atoms. The van der Waals surface area contributed by atoms with Gasteiger partial charge in [-0.3, -0.25) is 9.59 Å². The molecular formula is C43H50N4O4. The first-order valence-corrected chi connectivity index (χ1v) is 18.2. The Hall–Kier alpha value is -5.24. The minimum absolute atomic E-state index is 0.0482. The zero-order valence-corrected chi connectivity index (χ0v) is 29.6. The van der Waals surface area contributed by atoms with Gasteiger partial charge >= 0.3 is 6.09 Å². The number of hydrogen-bond acceptors (Lipinski definition) is 5. The van der Waals surface area contributed by atoms with Gasteiger partial charge in [-0.25, -0.2) is 4.79 Å². The summed E-state index contributed by atoms with van der Waals surface area (Å²) in [6.07, 6.45) is 6.41. The van der Waals surface area contributed by atoms with E-state index >= 15 is 0 Å². The van der Waals surface area contributed by atoms with Crippen LogP contribution in [0.15, 0.2) is 114 Å². The number of hydrogen-bond donors (Lipinski definition) is 2. The van der Waals surface area contributed by atoms with E-state index in [1.54, 1.807) is 12.1 Å². The SMILES string of the molecule is C[C@H](CC(=O)[C@@H](CCc1ccccc1)CCc1ccc(N2CCCCC2)cc1)C(=O)NCc1ccc(C(N)=NC(=O)OCc2ccccc2)cc1. The maximum absolute atomic E-state index is 13.7. The monoisotopic (exact) mass is 686 g/mol. The largest absolute Gasteiger partial charge is 0.443 e. The molecule has 0 radical (unpaired) electrons. The number of ketones is 1. The van der Waals surface area contributed by atoms with Crippen molar-refractivity contribution in [3.05, 3.63) is 137 Å². The topological polar surface area (TPSA) is 114 Å². The second-order valence-electron chi connectivity index (χ2n) is 13.5. The van der Waals surface area contributed by atoms with Crippen molar-refractivity contribution in [2.24, 2.45) is 22.6 Å². The first kappa shape index (κ1) is 37.0. The van der Waals surface area contributed by atoms with E-state index in [1.165, 1.54) is 36.1 Å². The number of carbonyl (C=O) groups is 3. The molecule has 1 aliphatic heterocycles. The Labute approximate surface area is 302 Å². The van der Waals surface area contributed by atoms with Gasteiger partial charge < -0.3 is 20.7 Å².